The Balaban J connectivity index is 1.46. The van der Waals surface area contributed by atoms with Crippen molar-refractivity contribution in [2.45, 2.75) is 25.4 Å². The summed E-state index contributed by atoms with van der Waals surface area (Å²) in [4.78, 5) is 17.6. The molecule has 5 rings (SSSR count). The molecule has 28 heavy (non-hydrogen) atoms. The number of fused-ring (bicyclic) bond motifs is 4. The number of benzene rings is 2. The van der Waals surface area contributed by atoms with Crippen LogP contribution in [0.3, 0.4) is 0 Å². The van der Waals surface area contributed by atoms with Crippen molar-refractivity contribution in [3.63, 3.8) is 0 Å². The molecule has 2 bridgehead atoms. The highest BCUT2D eigenvalue weighted by molar-refractivity contribution is 5.94. The maximum atomic E-state index is 13.1. The summed E-state index contributed by atoms with van der Waals surface area (Å²) in [6, 6.07) is 17.6. The third-order valence-corrected chi connectivity index (χ3v) is 5.88. The van der Waals surface area contributed by atoms with Gasteiger partial charge >= 0.3 is 0 Å². The predicted molar refractivity (Wildman–Crippen MR) is 107 cm³/mol. The second-order valence-electron chi connectivity index (χ2n) is 7.79. The first-order chi connectivity index (χ1) is 13.7. The second kappa shape index (κ2) is 8.04. The number of amides is 1. The smallest absolute Gasteiger partial charge is 0.254 e. The number of methoxy groups -OCH3 is 1. The summed E-state index contributed by atoms with van der Waals surface area (Å²) in [6.07, 6.45) is 2.24. The van der Waals surface area contributed by atoms with Crippen LogP contribution in [0.5, 0.6) is 5.75 Å². The molecule has 0 aromatic heterocycles. The molecule has 144 valence electrons. The second-order valence-corrected chi connectivity index (χ2v) is 7.79. The van der Waals surface area contributed by atoms with Crippen LogP contribution in [0.2, 0.25) is 0 Å². The molecule has 1 amide bonds. The number of nitrogens with zero attached hydrogens (tertiary/aromatic N) is 3. The molecule has 2 aromatic rings. The Morgan fingerprint density at radius 3 is 2.50 bits per heavy atom. The van der Waals surface area contributed by atoms with E-state index in [1.54, 1.807) is 31.4 Å². The Morgan fingerprint density at radius 2 is 1.82 bits per heavy atom. The number of hydrogen-bond acceptors (Lipinski definition) is 4. The van der Waals surface area contributed by atoms with Crippen molar-refractivity contribution in [3.05, 3.63) is 65.2 Å². The van der Waals surface area contributed by atoms with Crippen molar-refractivity contribution in [1.82, 2.24) is 9.80 Å². The Labute approximate surface area is 166 Å². The number of ether oxygens (including phenoxy) is 1. The molecular formula is C23H25N3O2. The Hall–Kier alpha value is -2.84. The molecule has 0 N–H and O–H groups in total. The number of carbonyl (C=O) groups is 1. The van der Waals surface area contributed by atoms with Gasteiger partial charge in [0.05, 0.1) is 18.7 Å². The van der Waals surface area contributed by atoms with Gasteiger partial charge in [-0.2, -0.15) is 5.26 Å². The van der Waals surface area contributed by atoms with E-state index in [1.165, 1.54) is 12.0 Å². The number of carbonyl (C=O) groups excluding carboxylic acids is 1. The molecule has 5 heteroatoms. The molecule has 2 aromatic carbocycles. The summed E-state index contributed by atoms with van der Waals surface area (Å²) in [5, 5.41) is 8.96. The van der Waals surface area contributed by atoms with Gasteiger partial charge in [0, 0.05) is 37.8 Å². The molecule has 3 aliphatic heterocycles. The number of hydrogen-bond donors (Lipinski definition) is 0. The van der Waals surface area contributed by atoms with Gasteiger partial charge in [0.15, 0.2) is 0 Å². The van der Waals surface area contributed by atoms with Gasteiger partial charge in [-0.05, 0) is 60.7 Å². The highest BCUT2D eigenvalue weighted by Gasteiger charge is 2.37. The van der Waals surface area contributed by atoms with Gasteiger partial charge in [0.25, 0.3) is 5.91 Å². The Bertz CT molecular complexity index is 870. The van der Waals surface area contributed by atoms with E-state index in [-0.39, 0.29) is 11.9 Å². The molecule has 3 saturated heterocycles. The number of nitriles is 1. The van der Waals surface area contributed by atoms with E-state index in [0.717, 1.165) is 38.3 Å². The highest BCUT2D eigenvalue weighted by atomic mass is 16.5. The summed E-state index contributed by atoms with van der Waals surface area (Å²) in [7, 11) is 1.68. The van der Waals surface area contributed by atoms with Gasteiger partial charge in [-0.25, -0.2) is 0 Å². The van der Waals surface area contributed by atoms with Crippen LogP contribution < -0.4 is 4.74 Å². The summed E-state index contributed by atoms with van der Waals surface area (Å²) in [5.41, 5.74) is 2.53. The summed E-state index contributed by atoms with van der Waals surface area (Å²) in [6.45, 7) is 3.66. The van der Waals surface area contributed by atoms with Crippen LogP contribution in [0.4, 0.5) is 0 Å². The van der Waals surface area contributed by atoms with Crippen LogP contribution in [-0.2, 0) is 6.54 Å². The fraction of sp³-hybridized carbons (Fsp3) is 0.391. The molecular weight excluding hydrogens is 350 g/mol. The average Bonchev–Trinajstić information content (AvgIpc) is 3.04. The molecule has 3 fully saturated rings. The fourth-order valence-electron chi connectivity index (χ4n) is 4.40. The van der Waals surface area contributed by atoms with Crippen LogP contribution in [0.1, 0.15) is 34.3 Å². The first-order valence-electron chi connectivity index (χ1n) is 9.82. The van der Waals surface area contributed by atoms with Gasteiger partial charge in [0.1, 0.15) is 5.75 Å². The Morgan fingerprint density at radius 1 is 1.07 bits per heavy atom. The molecule has 3 aliphatic rings. The monoisotopic (exact) mass is 375 g/mol. The van der Waals surface area contributed by atoms with E-state index in [9.17, 15) is 4.79 Å². The maximum absolute atomic E-state index is 13.1. The van der Waals surface area contributed by atoms with Gasteiger partial charge in [-0.1, -0.05) is 12.1 Å². The van der Waals surface area contributed by atoms with Crippen molar-refractivity contribution >= 4 is 5.91 Å². The molecule has 0 spiro atoms. The molecule has 0 radical (unpaired) electrons. The zero-order valence-corrected chi connectivity index (χ0v) is 16.2. The largest absolute Gasteiger partial charge is 0.497 e. The number of piperidine rings is 1. The molecule has 0 saturated carbocycles. The first kappa shape index (κ1) is 18.5. The van der Waals surface area contributed by atoms with Crippen LogP contribution in [-0.4, -0.2) is 48.5 Å². The molecule has 5 nitrogen and oxygen atoms in total. The third kappa shape index (κ3) is 3.88. The minimum Gasteiger partial charge on any atom is -0.497 e. The SMILES string of the molecule is COc1ccc(CN2C[C@@H]3CC[C@H](C2)N(C(=O)c2ccc(C#N)cc2)C3)cc1. The minimum atomic E-state index is 0.0884. The lowest BCUT2D eigenvalue weighted by atomic mass is 9.94. The minimum absolute atomic E-state index is 0.0884. The lowest BCUT2D eigenvalue weighted by Gasteiger charge is -2.36. The maximum Gasteiger partial charge on any atom is 0.254 e. The van der Waals surface area contributed by atoms with E-state index < -0.39 is 0 Å². The van der Waals surface area contributed by atoms with Crippen molar-refractivity contribution in [1.29, 1.82) is 5.26 Å². The van der Waals surface area contributed by atoms with Gasteiger partial charge in [-0.15, -0.1) is 0 Å². The van der Waals surface area contributed by atoms with E-state index in [1.807, 2.05) is 12.1 Å². The summed E-state index contributed by atoms with van der Waals surface area (Å²) >= 11 is 0. The van der Waals surface area contributed by atoms with Crippen molar-refractivity contribution in [2.24, 2.45) is 5.92 Å². The van der Waals surface area contributed by atoms with Crippen LogP contribution in [0, 0.1) is 17.2 Å². The molecule has 0 aliphatic carbocycles. The summed E-state index contributed by atoms with van der Waals surface area (Å²) < 4.78 is 5.24. The van der Waals surface area contributed by atoms with Crippen LogP contribution >= 0.6 is 0 Å². The van der Waals surface area contributed by atoms with E-state index >= 15 is 0 Å². The highest BCUT2D eigenvalue weighted by Crippen LogP contribution is 2.30. The van der Waals surface area contributed by atoms with Gasteiger partial charge in [-0.3, -0.25) is 9.69 Å². The Kier molecular flexibility index (Phi) is 5.31. The average molecular weight is 375 g/mol. The van der Waals surface area contributed by atoms with Gasteiger partial charge in [0.2, 0.25) is 0 Å². The zero-order valence-electron chi connectivity index (χ0n) is 16.2. The van der Waals surface area contributed by atoms with Gasteiger partial charge < -0.3 is 9.64 Å². The van der Waals surface area contributed by atoms with Crippen molar-refractivity contribution < 1.29 is 9.53 Å². The standard InChI is InChI=1S/C23H25N3O2/c1-28-22-10-5-18(6-11-22)13-25-14-19-4-9-21(16-25)26(15-19)23(27)20-7-2-17(12-24)3-8-20/h2-3,5-8,10-11,19,21H,4,9,13-16H2,1H3/t19-,21+/m0/s1. The topological polar surface area (TPSA) is 56.6 Å². The van der Waals surface area contributed by atoms with E-state index in [0.29, 0.717) is 17.0 Å². The molecule has 3 heterocycles. The normalized spacial score (nSPS) is 21.8. The van der Waals surface area contributed by atoms with E-state index in [2.05, 4.69) is 28.0 Å². The van der Waals surface area contributed by atoms with Crippen molar-refractivity contribution in [3.8, 4) is 11.8 Å². The molecule has 0 unspecified atom stereocenters. The fourth-order valence-corrected chi connectivity index (χ4v) is 4.40. The number of rotatable bonds is 4. The lowest BCUT2D eigenvalue weighted by Crippen LogP contribution is -2.47. The lowest BCUT2D eigenvalue weighted by molar-refractivity contribution is 0.0585. The van der Waals surface area contributed by atoms with Crippen LogP contribution in [0.15, 0.2) is 48.5 Å². The zero-order chi connectivity index (χ0) is 19.5. The molecule has 2 atom stereocenters. The first-order valence-corrected chi connectivity index (χ1v) is 9.82. The van der Waals surface area contributed by atoms with Crippen molar-refractivity contribution in [2.75, 3.05) is 26.7 Å². The summed E-state index contributed by atoms with van der Waals surface area (Å²) in [5.74, 6) is 1.48. The third-order valence-electron chi connectivity index (χ3n) is 5.88. The quantitative estimate of drug-likeness (QED) is 0.823. The predicted octanol–water partition coefficient (Wildman–Crippen LogP) is 3.30. The van der Waals surface area contributed by atoms with Crippen LogP contribution in [0.25, 0.3) is 0 Å². The van der Waals surface area contributed by atoms with E-state index in [4.69, 9.17) is 10.00 Å².